The zero-order valence-corrected chi connectivity index (χ0v) is 11.7. The first-order valence-electron chi connectivity index (χ1n) is 6.76. The minimum Gasteiger partial charge on any atom is -0.508 e. The number of piperazine rings is 1. The van der Waals surface area contributed by atoms with Gasteiger partial charge in [0, 0.05) is 43.2 Å². The first kappa shape index (κ1) is 13.0. The van der Waals surface area contributed by atoms with Crippen molar-refractivity contribution in [1.29, 1.82) is 0 Å². The molecule has 0 atom stereocenters. The lowest BCUT2D eigenvalue weighted by Gasteiger charge is -2.34. The molecule has 5 nitrogen and oxygen atoms in total. The zero-order valence-electron chi connectivity index (χ0n) is 11.7. The van der Waals surface area contributed by atoms with Crippen LogP contribution in [0.2, 0.25) is 0 Å². The number of benzene rings is 1. The molecule has 5 heteroatoms. The molecule has 1 aromatic carbocycles. The average molecular weight is 274 g/mol. The van der Waals surface area contributed by atoms with E-state index in [0.717, 1.165) is 37.3 Å². The number of anilines is 1. The Morgan fingerprint density at radius 2 is 1.90 bits per heavy atom. The summed E-state index contributed by atoms with van der Waals surface area (Å²) in [5.41, 5.74) is 1.61. The van der Waals surface area contributed by atoms with E-state index in [1.165, 1.54) is 0 Å². The van der Waals surface area contributed by atoms with Gasteiger partial charge in [0.2, 0.25) is 0 Å². The number of nitrogens with zero attached hydrogens (tertiary/aromatic N) is 2. The Labute approximate surface area is 117 Å². The molecule has 0 saturated carbocycles. The van der Waals surface area contributed by atoms with E-state index in [-0.39, 0.29) is 11.4 Å². The summed E-state index contributed by atoms with van der Waals surface area (Å²) in [4.78, 5) is 16.3. The van der Waals surface area contributed by atoms with Gasteiger partial charge in [-0.1, -0.05) is 0 Å². The first-order chi connectivity index (χ1) is 9.56. The molecule has 0 radical (unpaired) electrons. The van der Waals surface area contributed by atoms with Crippen molar-refractivity contribution in [2.75, 3.05) is 38.1 Å². The highest BCUT2D eigenvalue weighted by molar-refractivity contribution is 5.93. The van der Waals surface area contributed by atoms with Crippen molar-refractivity contribution < 1.29 is 9.52 Å². The van der Waals surface area contributed by atoms with E-state index in [0.29, 0.717) is 11.1 Å². The summed E-state index contributed by atoms with van der Waals surface area (Å²) in [6.07, 6.45) is 0. The monoisotopic (exact) mass is 274 g/mol. The number of phenols is 1. The van der Waals surface area contributed by atoms with Crippen LogP contribution in [0.25, 0.3) is 11.0 Å². The first-order valence-corrected chi connectivity index (χ1v) is 6.76. The van der Waals surface area contributed by atoms with Crippen LogP contribution in [0.3, 0.4) is 0 Å². The standard InChI is InChI=1S/C15H18N2O3/c1-10-13(18)4-3-11-12(9-14(19)20-15(10)11)17-7-5-16(2)6-8-17/h3-4,9,18H,5-8H2,1-2H3. The Balaban J connectivity index is 2.15. The topological polar surface area (TPSA) is 56.9 Å². The molecule has 1 aromatic heterocycles. The predicted octanol–water partition coefficient (Wildman–Crippen LogP) is 1.56. The zero-order chi connectivity index (χ0) is 14.3. The van der Waals surface area contributed by atoms with Crippen LogP contribution in [-0.2, 0) is 0 Å². The van der Waals surface area contributed by atoms with Gasteiger partial charge in [-0.2, -0.15) is 0 Å². The van der Waals surface area contributed by atoms with Crippen molar-refractivity contribution in [3.05, 3.63) is 34.2 Å². The predicted molar refractivity (Wildman–Crippen MR) is 78.6 cm³/mol. The number of hydrogen-bond acceptors (Lipinski definition) is 5. The Hall–Kier alpha value is -2.01. The summed E-state index contributed by atoms with van der Waals surface area (Å²) in [5, 5.41) is 10.6. The van der Waals surface area contributed by atoms with Crippen LogP contribution in [0.5, 0.6) is 5.75 Å². The van der Waals surface area contributed by atoms with Crippen LogP contribution < -0.4 is 10.5 Å². The minimum atomic E-state index is -0.375. The van der Waals surface area contributed by atoms with Gasteiger partial charge in [-0.25, -0.2) is 4.79 Å². The van der Waals surface area contributed by atoms with E-state index >= 15 is 0 Å². The van der Waals surface area contributed by atoms with Gasteiger partial charge in [-0.15, -0.1) is 0 Å². The molecule has 2 aromatic rings. The number of aryl methyl sites for hydroxylation is 1. The number of fused-ring (bicyclic) bond motifs is 1. The molecule has 0 aliphatic carbocycles. The molecule has 0 spiro atoms. The van der Waals surface area contributed by atoms with Gasteiger partial charge < -0.3 is 19.3 Å². The van der Waals surface area contributed by atoms with Crippen molar-refractivity contribution in [3.63, 3.8) is 0 Å². The van der Waals surface area contributed by atoms with Crippen LogP contribution in [-0.4, -0.2) is 43.2 Å². The van der Waals surface area contributed by atoms with E-state index in [4.69, 9.17) is 4.42 Å². The van der Waals surface area contributed by atoms with Crippen LogP contribution in [0.1, 0.15) is 5.56 Å². The highest BCUT2D eigenvalue weighted by Gasteiger charge is 2.19. The third-order valence-corrected chi connectivity index (χ3v) is 3.95. The lowest BCUT2D eigenvalue weighted by Crippen LogP contribution is -2.44. The van der Waals surface area contributed by atoms with Gasteiger partial charge in [0.15, 0.2) is 0 Å². The average Bonchev–Trinajstić information content (AvgIpc) is 2.43. The molecule has 3 rings (SSSR count). The number of phenolic OH excluding ortho intramolecular Hbond substituents is 1. The smallest absolute Gasteiger partial charge is 0.338 e. The Kier molecular flexibility index (Phi) is 3.14. The highest BCUT2D eigenvalue weighted by atomic mass is 16.4. The second-order valence-electron chi connectivity index (χ2n) is 5.33. The van der Waals surface area contributed by atoms with Crippen molar-refractivity contribution in [1.82, 2.24) is 4.90 Å². The molecule has 2 heterocycles. The Morgan fingerprint density at radius 3 is 2.60 bits per heavy atom. The third-order valence-electron chi connectivity index (χ3n) is 3.95. The largest absolute Gasteiger partial charge is 0.508 e. The summed E-state index contributed by atoms with van der Waals surface area (Å²) >= 11 is 0. The molecule has 0 bridgehead atoms. The van der Waals surface area contributed by atoms with Crippen molar-refractivity contribution in [2.45, 2.75) is 6.92 Å². The fourth-order valence-corrected chi connectivity index (χ4v) is 2.64. The maximum atomic E-state index is 11.8. The summed E-state index contributed by atoms with van der Waals surface area (Å²) in [7, 11) is 2.09. The summed E-state index contributed by atoms with van der Waals surface area (Å²) < 4.78 is 5.27. The van der Waals surface area contributed by atoms with E-state index in [1.54, 1.807) is 19.1 Å². The van der Waals surface area contributed by atoms with Crippen molar-refractivity contribution >= 4 is 16.7 Å². The second kappa shape index (κ2) is 4.83. The molecular formula is C15H18N2O3. The molecule has 1 saturated heterocycles. The Morgan fingerprint density at radius 1 is 1.20 bits per heavy atom. The van der Waals surface area contributed by atoms with Gasteiger partial charge in [-0.05, 0) is 26.1 Å². The van der Waals surface area contributed by atoms with Crippen molar-refractivity contribution in [2.24, 2.45) is 0 Å². The van der Waals surface area contributed by atoms with Crippen LogP contribution >= 0.6 is 0 Å². The van der Waals surface area contributed by atoms with Crippen molar-refractivity contribution in [3.8, 4) is 5.75 Å². The normalized spacial score (nSPS) is 16.8. The molecule has 0 unspecified atom stereocenters. The SMILES string of the molecule is Cc1c(O)ccc2c(N3CCN(C)CC3)cc(=O)oc12. The number of rotatable bonds is 1. The van der Waals surface area contributed by atoms with Gasteiger partial charge in [0.25, 0.3) is 0 Å². The molecule has 106 valence electrons. The van der Waals surface area contributed by atoms with Crippen LogP contribution in [0, 0.1) is 6.92 Å². The molecule has 1 aliphatic heterocycles. The van der Waals surface area contributed by atoms with Gasteiger partial charge >= 0.3 is 5.63 Å². The fraction of sp³-hybridized carbons (Fsp3) is 0.400. The van der Waals surface area contributed by atoms with E-state index in [9.17, 15) is 9.90 Å². The molecule has 1 N–H and O–H groups in total. The number of likely N-dealkylation sites (N-methyl/N-ethyl adjacent to an activating group) is 1. The van der Waals surface area contributed by atoms with Crippen LogP contribution in [0.15, 0.2) is 27.4 Å². The van der Waals surface area contributed by atoms with E-state index in [2.05, 4.69) is 16.8 Å². The number of hydrogen-bond donors (Lipinski definition) is 1. The van der Waals surface area contributed by atoms with Crippen LogP contribution in [0.4, 0.5) is 5.69 Å². The maximum Gasteiger partial charge on any atom is 0.338 e. The minimum absolute atomic E-state index is 0.149. The molecule has 20 heavy (non-hydrogen) atoms. The maximum absolute atomic E-state index is 11.8. The van der Waals surface area contributed by atoms with Gasteiger partial charge in [-0.3, -0.25) is 0 Å². The fourth-order valence-electron chi connectivity index (χ4n) is 2.64. The van der Waals surface area contributed by atoms with Gasteiger partial charge in [0.05, 0.1) is 5.69 Å². The highest BCUT2D eigenvalue weighted by Crippen LogP contribution is 2.31. The molecular weight excluding hydrogens is 256 g/mol. The van der Waals surface area contributed by atoms with E-state index in [1.807, 2.05) is 6.07 Å². The summed E-state index contributed by atoms with van der Waals surface area (Å²) in [5.74, 6) is 0.149. The quantitative estimate of drug-likeness (QED) is 0.800. The molecule has 1 fully saturated rings. The Bertz CT molecular complexity index is 700. The summed E-state index contributed by atoms with van der Waals surface area (Å²) in [6, 6.07) is 5.01. The lowest BCUT2D eigenvalue weighted by molar-refractivity contribution is 0.313. The van der Waals surface area contributed by atoms with Gasteiger partial charge in [0.1, 0.15) is 11.3 Å². The third kappa shape index (κ3) is 2.14. The second-order valence-corrected chi connectivity index (χ2v) is 5.33. The van der Waals surface area contributed by atoms with E-state index < -0.39 is 0 Å². The molecule has 0 amide bonds. The number of aromatic hydroxyl groups is 1. The molecule has 1 aliphatic rings. The lowest BCUT2D eigenvalue weighted by atomic mass is 10.1. The summed E-state index contributed by atoms with van der Waals surface area (Å²) in [6.45, 7) is 5.47.